The Kier molecular flexibility index (Phi) is 1.89. The minimum absolute atomic E-state index is 0.778. The summed E-state index contributed by atoms with van der Waals surface area (Å²) < 4.78 is 1.06. The maximum absolute atomic E-state index is 5.92. The fourth-order valence-electron chi connectivity index (χ4n) is 1.34. The summed E-state index contributed by atoms with van der Waals surface area (Å²) >= 11 is 9.36. The highest BCUT2D eigenvalue weighted by atomic mass is 79.9. The minimum Gasteiger partial charge on any atom is -0.360 e. The molecule has 0 amide bonds. The van der Waals surface area contributed by atoms with E-state index in [0.29, 0.717) is 0 Å². The fourth-order valence-corrected chi connectivity index (χ4v) is 2.04. The number of hydrogen-bond acceptors (Lipinski definition) is 0. The average molecular weight is 245 g/mol. The molecule has 3 heteroatoms. The molecule has 0 bridgehead atoms. The van der Waals surface area contributed by atoms with Gasteiger partial charge in [0.1, 0.15) is 0 Å². The highest BCUT2D eigenvalue weighted by molar-refractivity contribution is 9.10. The van der Waals surface area contributed by atoms with Gasteiger partial charge < -0.3 is 4.98 Å². The van der Waals surface area contributed by atoms with Crippen molar-refractivity contribution in [3.63, 3.8) is 0 Å². The van der Waals surface area contributed by atoms with Crippen molar-refractivity contribution in [3.8, 4) is 0 Å². The Hall–Kier alpha value is -0.470. The Labute approximate surface area is 83.9 Å². The van der Waals surface area contributed by atoms with Gasteiger partial charge >= 0.3 is 0 Å². The third-order valence-corrected chi connectivity index (χ3v) is 2.78. The van der Waals surface area contributed by atoms with Crippen molar-refractivity contribution in [2.24, 2.45) is 0 Å². The van der Waals surface area contributed by atoms with Gasteiger partial charge in [0.15, 0.2) is 0 Å². The topological polar surface area (TPSA) is 15.8 Å². The molecule has 0 aliphatic rings. The fraction of sp³-hybridized carbons (Fsp3) is 0.111. The molecule has 0 aliphatic carbocycles. The number of rotatable bonds is 0. The van der Waals surface area contributed by atoms with E-state index in [4.69, 9.17) is 11.6 Å². The molecule has 0 unspecified atom stereocenters. The van der Waals surface area contributed by atoms with E-state index in [1.54, 1.807) is 0 Å². The van der Waals surface area contributed by atoms with Gasteiger partial charge in [-0.2, -0.15) is 0 Å². The summed E-state index contributed by atoms with van der Waals surface area (Å²) in [4.78, 5) is 3.18. The van der Waals surface area contributed by atoms with Gasteiger partial charge in [0, 0.05) is 26.6 Å². The summed E-state index contributed by atoms with van der Waals surface area (Å²) in [5.41, 5.74) is 2.31. The second-order valence-electron chi connectivity index (χ2n) is 2.78. The number of nitrogens with one attached hydrogen (secondary N) is 1. The monoisotopic (exact) mass is 243 g/mol. The zero-order chi connectivity index (χ0) is 8.72. The van der Waals surface area contributed by atoms with Gasteiger partial charge in [-0.05, 0) is 40.5 Å². The van der Waals surface area contributed by atoms with E-state index >= 15 is 0 Å². The molecule has 1 aromatic carbocycles. The van der Waals surface area contributed by atoms with Crippen molar-refractivity contribution in [2.75, 3.05) is 0 Å². The third kappa shape index (κ3) is 1.15. The van der Waals surface area contributed by atoms with Crippen molar-refractivity contribution in [1.29, 1.82) is 0 Å². The predicted molar refractivity (Wildman–Crippen MR) is 55.7 cm³/mol. The number of halogens is 2. The van der Waals surface area contributed by atoms with Crippen molar-refractivity contribution in [2.45, 2.75) is 6.92 Å². The van der Waals surface area contributed by atoms with Gasteiger partial charge in [0.2, 0.25) is 0 Å². The Morgan fingerprint density at radius 3 is 2.92 bits per heavy atom. The molecule has 1 nitrogen and oxygen atoms in total. The largest absolute Gasteiger partial charge is 0.360 e. The quantitative estimate of drug-likeness (QED) is 0.724. The van der Waals surface area contributed by atoms with Crippen LogP contribution in [0, 0.1) is 6.92 Å². The van der Waals surface area contributed by atoms with E-state index in [-0.39, 0.29) is 0 Å². The molecule has 1 aromatic heterocycles. The van der Waals surface area contributed by atoms with Crippen LogP contribution in [0.3, 0.4) is 0 Å². The lowest BCUT2D eigenvalue weighted by Crippen LogP contribution is -1.75. The highest BCUT2D eigenvalue weighted by Gasteiger charge is 2.03. The first-order valence-electron chi connectivity index (χ1n) is 3.61. The molecule has 1 N–H and O–H groups in total. The van der Waals surface area contributed by atoms with E-state index < -0.39 is 0 Å². The average Bonchev–Trinajstić information content (AvgIpc) is 2.33. The van der Waals surface area contributed by atoms with E-state index in [1.807, 2.05) is 25.3 Å². The highest BCUT2D eigenvalue weighted by Crippen LogP contribution is 2.28. The molecule has 0 aliphatic heterocycles. The predicted octanol–water partition coefficient (Wildman–Crippen LogP) is 3.89. The first-order chi connectivity index (χ1) is 5.68. The zero-order valence-electron chi connectivity index (χ0n) is 6.49. The summed E-state index contributed by atoms with van der Waals surface area (Å²) in [6.07, 6.45) is 1.92. The standard InChI is InChI=1S/C9H7BrClN/c1-5-2-6(11)3-7-8(10)4-12-9(5)7/h2-4,12H,1H3. The van der Waals surface area contributed by atoms with E-state index in [0.717, 1.165) is 20.4 Å². The number of aromatic amines is 1. The van der Waals surface area contributed by atoms with Gasteiger partial charge in [-0.3, -0.25) is 0 Å². The van der Waals surface area contributed by atoms with Crippen LogP contribution in [0.5, 0.6) is 0 Å². The van der Waals surface area contributed by atoms with Crippen molar-refractivity contribution in [3.05, 3.63) is 33.4 Å². The summed E-state index contributed by atoms with van der Waals surface area (Å²) in [6, 6.07) is 3.90. The minimum atomic E-state index is 0.778. The molecule has 0 fully saturated rings. The maximum Gasteiger partial charge on any atom is 0.0496 e. The SMILES string of the molecule is Cc1cc(Cl)cc2c(Br)c[nH]c12. The first-order valence-corrected chi connectivity index (χ1v) is 4.78. The molecule has 0 radical (unpaired) electrons. The van der Waals surface area contributed by atoms with Gasteiger partial charge in [-0.1, -0.05) is 11.6 Å². The van der Waals surface area contributed by atoms with Crippen molar-refractivity contribution in [1.82, 2.24) is 4.98 Å². The van der Waals surface area contributed by atoms with Crippen LogP contribution in [0.25, 0.3) is 10.9 Å². The number of fused-ring (bicyclic) bond motifs is 1. The Balaban J connectivity index is 2.92. The van der Waals surface area contributed by atoms with Crippen LogP contribution in [-0.2, 0) is 0 Å². The number of hydrogen-bond donors (Lipinski definition) is 1. The lowest BCUT2D eigenvalue weighted by molar-refractivity contribution is 1.41. The van der Waals surface area contributed by atoms with E-state index in [1.165, 1.54) is 5.56 Å². The van der Waals surface area contributed by atoms with Crippen LogP contribution in [0.15, 0.2) is 22.8 Å². The number of aryl methyl sites for hydroxylation is 1. The molecule has 1 heterocycles. The second-order valence-corrected chi connectivity index (χ2v) is 4.07. The molecule has 2 aromatic rings. The van der Waals surface area contributed by atoms with Crippen molar-refractivity contribution < 1.29 is 0 Å². The molecular formula is C9H7BrClN. The van der Waals surface area contributed by atoms with Crippen LogP contribution in [0.2, 0.25) is 5.02 Å². The van der Waals surface area contributed by atoms with Crippen LogP contribution in [-0.4, -0.2) is 4.98 Å². The van der Waals surface area contributed by atoms with Gasteiger partial charge in [-0.15, -0.1) is 0 Å². The third-order valence-electron chi connectivity index (χ3n) is 1.90. The normalized spacial score (nSPS) is 10.9. The number of aromatic nitrogens is 1. The molecule has 2 rings (SSSR count). The summed E-state index contributed by atoms with van der Waals surface area (Å²) in [6.45, 7) is 2.04. The lowest BCUT2D eigenvalue weighted by atomic mass is 10.2. The molecule has 0 saturated heterocycles. The molecule has 12 heavy (non-hydrogen) atoms. The Morgan fingerprint density at radius 2 is 2.17 bits per heavy atom. The van der Waals surface area contributed by atoms with Gasteiger partial charge in [0.25, 0.3) is 0 Å². The van der Waals surface area contributed by atoms with Crippen molar-refractivity contribution >= 4 is 38.4 Å². The van der Waals surface area contributed by atoms with Crippen LogP contribution < -0.4 is 0 Å². The van der Waals surface area contributed by atoms with Gasteiger partial charge in [0.05, 0.1) is 0 Å². The first kappa shape index (κ1) is 8.14. The van der Waals surface area contributed by atoms with E-state index in [9.17, 15) is 0 Å². The van der Waals surface area contributed by atoms with Gasteiger partial charge in [-0.25, -0.2) is 0 Å². The number of benzene rings is 1. The Morgan fingerprint density at radius 1 is 1.42 bits per heavy atom. The smallest absolute Gasteiger partial charge is 0.0496 e. The van der Waals surface area contributed by atoms with Crippen LogP contribution >= 0.6 is 27.5 Å². The number of H-pyrrole nitrogens is 1. The summed E-state index contributed by atoms with van der Waals surface area (Å²) in [5.74, 6) is 0. The summed E-state index contributed by atoms with van der Waals surface area (Å²) in [5, 5.41) is 1.92. The maximum atomic E-state index is 5.92. The molecule has 0 atom stereocenters. The van der Waals surface area contributed by atoms with Crippen LogP contribution in [0.4, 0.5) is 0 Å². The summed E-state index contributed by atoms with van der Waals surface area (Å²) in [7, 11) is 0. The molecule has 0 saturated carbocycles. The Bertz CT molecular complexity index is 433. The van der Waals surface area contributed by atoms with E-state index in [2.05, 4.69) is 20.9 Å². The van der Waals surface area contributed by atoms with Crippen LogP contribution in [0.1, 0.15) is 5.56 Å². The zero-order valence-corrected chi connectivity index (χ0v) is 8.83. The lowest BCUT2D eigenvalue weighted by Gasteiger charge is -1.97. The molecule has 0 spiro atoms. The molecule has 62 valence electrons. The molecular weight excluding hydrogens is 237 g/mol. The second kappa shape index (κ2) is 2.79.